The number of sulfone groups is 1. The first-order valence-electron chi connectivity index (χ1n) is 6.02. The molecule has 0 heterocycles. The van der Waals surface area contributed by atoms with Crippen LogP contribution in [0.5, 0.6) is 0 Å². The third kappa shape index (κ3) is 3.42. The second kappa shape index (κ2) is 5.22. The highest BCUT2D eigenvalue weighted by molar-refractivity contribution is 7.93. The van der Waals surface area contributed by atoms with Crippen LogP contribution in [0.25, 0.3) is 0 Å². The molecule has 0 aromatic heterocycles. The molecule has 3 nitrogen and oxygen atoms in total. The van der Waals surface area contributed by atoms with Gasteiger partial charge in [0, 0.05) is 5.56 Å². The van der Waals surface area contributed by atoms with Gasteiger partial charge >= 0.3 is 0 Å². The fourth-order valence-corrected chi connectivity index (χ4v) is 2.34. The largest absolute Gasteiger partial charge is 0.293 e. The van der Waals surface area contributed by atoms with Crippen LogP contribution in [0.2, 0.25) is 0 Å². The van der Waals surface area contributed by atoms with Gasteiger partial charge in [-0.2, -0.15) is 0 Å². The van der Waals surface area contributed by atoms with E-state index in [1.165, 1.54) is 0 Å². The van der Waals surface area contributed by atoms with Crippen LogP contribution in [0.1, 0.15) is 43.6 Å². The lowest BCUT2D eigenvalue weighted by molar-refractivity contribution is 0.102. The van der Waals surface area contributed by atoms with Gasteiger partial charge in [-0.05, 0) is 32.8 Å². The Balaban J connectivity index is 2.89. The van der Waals surface area contributed by atoms with Crippen molar-refractivity contribution in [2.45, 2.75) is 38.9 Å². The fourth-order valence-electron chi connectivity index (χ4n) is 1.40. The average Bonchev–Trinajstić information content (AvgIpc) is 2.27. The Morgan fingerprint density at radius 3 is 2.00 bits per heavy atom. The Bertz CT molecular complexity index is 519. The van der Waals surface area contributed by atoms with Crippen molar-refractivity contribution in [1.82, 2.24) is 0 Å². The van der Waals surface area contributed by atoms with E-state index < -0.39 is 20.3 Å². The molecule has 1 rings (SSSR count). The Morgan fingerprint density at radius 1 is 1.11 bits per heavy atom. The lowest BCUT2D eigenvalue weighted by Gasteiger charge is -2.18. The van der Waals surface area contributed by atoms with Gasteiger partial charge in [-0.15, -0.1) is 0 Å². The number of carbonyl (C=O) groups excluding carboxylic acids is 1. The smallest absolute Gasteiger partial charge is 0.177 e. The number of Topliss-reactive ketones (excluding diaryl/α,β-unsaturated/α-hetero) is 1. The topological polar surface area (TPSA) is 51.2 Å². The van der Waals surface area contributed by atoms with Gasteiger partial charge in [0.05, 0.1) is 4.75 Å². The van der Waals surface area contributed by atoms with Crippen molar-refractivity contribution in [2.75, 3.05) is 5.75 Å². The third-order valence-corrected chi connectivity index (χ3v) is 5.45. The van der Waals surface area contributed by atoms with Crippen LogP contribution in [0.4, 0.5) is 0 Å². The van der Waals surface area contributed by atoms with Crippen molar-refractivity contribution < 1.29 is 13.2 Å². The number of aryl methyl sites for hydroxylation is 1. The zero-order valence-corrected chi connectivity index (χ0v) is 12.2. The highest BCUT2D eigenvalue weighted by Gasteiger charge is 2.31. The van der Waals surface area contributed by atoms with Crippen LogP contribution in [-0.4, -0.2) is 24.7 Å². The summed E-state index contributed by atoms with van der Waals surface area (Å²) in [6.45, 7) is 6.85. The van der Waals surface area contributed by atoms with E-state index in [9.17, 15) is 13.2 Å². The monoisotopic (exact) mass is 268 g/mol. The molecule has 0 saturated carbocycles. The zero-order chi connectivity index (χ0) is 14.0. The number of rotatable bonds is 4. The average molecular weight is 268 g/mol. The summed E-state index contributed by atoms with van der Waals surface area (Å²) in [6, 6.07) is 7.10. The maximum absolute atomic E-state index is 11.9. The molecule has 0 amide bonds. The minimum absolute atomic E-state index is 0.340. The van der Waals surface area contributed by atoms with Crippen LogP contribution >= 0.6 is 0 Å². The SMILES string of the molecule is CCc1ccc(C(=O)CS(=O)(=O)C(C)(C)C)cc1. The fraction of sp³-hybridized carbons (Fsp3) is 0.500. The molecule has 1 aromatic rings. The van der Waals surface area contributed by atoms with Crippen LogP contribution in [-0.2, 0) is 16.3 Å². The van der Waals surface area contributed by atoms with E-state index in [4.69, 9.17) is 0 Å². The van der Waals surface area contributed by atoms with Gasteiger partial charge in [-0.1, -0.05) is 31.2 Å². The molecule has 0 unspecified atom stereocenters. The summed E-state index contributed by atoms with van der Waals surface area (Å²) in [5.74, 6) is -0.769. The molecule has 0 atom stereocenters. The zero-order valence-electron chi connectivity index (χ0n) is 11.4. The summed E-state index contributed by atoms with van der Waals surface area (Å²) in [4.78, 5) is 11.9. The predicted octanol–water partition coefficient (Wildman–Crippen LogP) is 2.65. The van der Waals surface area contributed by atoms with Gasteiger partial charge in [0.15, 0.2) is 15.6 Å². The van der Waals surface area contributed by atoms with Gasteiger partial charge in [-0.25, -0.2) is 8.42 Å². The highest BCUT2D eigenvalue weighted by Crippen LogP contribution is 2.17. The molecule has 0 aliphatic heterocycles. The summed E-state index contributed by atoms with van der Waals surface area (Å²) in [5, 5.41) is 0. The van der Waals surface area contributed by atoms with Crippen molar-refractivity contribution in [2.24, 2.45) is 0 Å². The first-order chi connectivity index (χ1) is 8.17. The number of hydrogen-bond donors (Lipinski definition) is 0. The molecule has 100 valence electrons. The third-order valence-electron chi connectivity index (χ3n) is 2.94. The van der Waals surface area contributed by atoms with E-state index in [-0.39, 0.29) is 5.78 Å². The minimum atomic E-state index is -3.41. The second-order valence-electron chi connectivity index (χ2n) is 5.35. The summed E-state index contributed by atoms with van der Waals surface area (Å²) in [6.07, 6.45) is 0.898. The summed E-state index contributed by atoms with van der Waals surface area (Å²) >= 11 is 0. The molecule has 0 N–H and O–H groups in total. The quantitative estimate of drug-likeness (QED) is 0.789. The molecule has 0 radical (unpaired) electrons. The molecular formula is C14H20O3S. The van der Waals surface area contributed by atoms with Crippen molar-refractivity contribution in [3.8, 4) is 0 Å². The first kappa shape index (κ1) is 14.9. The number of ketones is 1. The van der Waals surface area contributed by atoms with E-state index in [2.05, 4.69) is 0 Å². The van der Waals surface area contributed by atoms with E-state index in [1.54, 1.807) is 32.9 Å². The van der Waals surface area contributed by atoms with E-state index in [0.717, 1.165) is 12.0 Å². The maximum Gasteiger partial charge on any atom is 0.177 e. The van der Waals surface area contributed by atoms with Gasteiger partial charge in [0.25, 0.3) is 0 Å². The van der Waals surface area contributed by atoms with Crippen LogP contribution in [0, 0.1) is 0 Å². The molecular weight excluding hydrogens is 248 g/mol. The van der Waals surface area contributed by atoms with Crippen LogP contribution in [0.15, 0.2) is 24.3 Å². The second-order valence-corrected chi connectivity index (χ2v) is 8.09. The molecule has 4 heteroatoms. The van der Waals surface area contributed by atoms with E-state index in [0.29, 0.717) is 5.56 Å². The summed E-state index contributed by atoms with van der Waals surface area (Å²) < 4.78 is 23.0. The number of benzene rings is 1. The standard InChI is InChI=1S/C14H20O3S/c1-5-11-6-8-12(9-7-11)13(15)10-18(16,17)14(2,3)4/h6-9H,5,10H2,1-4H3. The molecule has 0 spiro atoms. The predicted molar refractivity (Wildman–Crippen MR) is 73.7 cm³/mol. The van der Waals surface area contributed by atoms with Crippen LogP contribution < -0.4 is 0 Å². The Hall–Kier alpha value is -1.16. The molecule has 1 aromatic carbocycles. The molecule has 0 saturated heterocycles. The van der Waals surface area contributed by atoms with Crippen LogP contribution in [0.3, 0.4) is 0 Å². The van der Waals surface area contributed by atoms with Crippen molar-refractivity contribution >= 4 is 15.6 Å². The normalized spacial score (nSPS) is 12.4. The Labute approximate surface area is 109 Å². The molecule has 18 heavy (non-hydrogen) atoms. The molecule has 0 aliphatic rings. The first-order valence-corrected chi connectivity index (χ1v) is 7.67. The van der Waals surface area contributed by atoms with Crippen molar-refractivity contribution in [1.29, 1.82) is 0 Å². The van der Waals surface area contributed by atoms with Gasteiger partial charge in [0.2, 0.25) is 0 Å². The lowest BCUT2D eigenvalue weighted by Crippen LogP contribution is -2.33. The van der Waals surface area contributed by atoms with Gasteiger partial charge < -0.3 is 0 Å². The molecule has 0 aliphatic carbocycles. The Morgan fingerprint density at radius 2 is 1.61 bits per heavy atom. The van der Waals surface area contributed by atoms with Gasteiger partial charge in [0.1, 0.15) is 5.75 Å². The van der Waals surface area contributed by atoms with Crippen molar-refractivity contribution in [3.63, 3.8) is 0 Å². The lowest BCUT2D eigenvalue weighted by atomic mass is 10.1. The Kier molecular flexibility index (Phi) is 4.32. The summed E-state index contributed by atoms with van der Waals surface area (Å²) in [7, 11) is -3.41. The molecule has 0 bridgehead atoms. The van der Waals surface area contributed by atoms with E-state index in [1.807, 2.05) is 19.1 Å². The maximum atomic E-state index is 11.9. The summed E-state index contributed by atoms with van der Waals surface area (Å²) in [5.41, 5.74) is 1.59. The molecule has 0 fully saturated rings. The highest BCUT2D eigenvalue weighted by atomic mass is 32.2. The number of hydrogen-bond acceptors (Lipinski definition) is 3. The minimum Gasteiger partial charge on any atom is -0.293 e. The number of carbonyl (C=O) groups is 1. The van der Waals surface area contributed by atoms with Crippen molar-refractivity contribution in [3.05, 3.63) is 35.4 Å². The van der Waals surface area contributed by atoms with Gasteiger partial charge in [-0.3, -0.25) is 4.79 Å². The van der Waals surface area contributed by atoms with E-state index >= 15 is 0 Å².